The van der Waals surface area contributed by atoms with Crippen LogP contribution in [0.1, 0.15) is 21.5 Å². The molecule has 5 rings (SSSR count). The first-order chi connectivity index (χ1) is 21.0. The van der Waals surface area contributed by atoms with Gasteiger partial charge in [-0.3, -0.25) is 14.7 Å². The Morgan fingerprint density at radius 3 is 2.28 bits per heavy atom. The summed E-state index contributed by atoms with van der Waals surface area (Å²) in [5, 5.41) is 22.1. The molecule has 0 aliphatic heterocycles. The van der Waals surface area contributed by atoms with E-state index < -0.39 is 12.0 Å². The number of carbonyl (C=O) groups excluding carboxylic acids is 1. The predicted molar refractivity (Wildman–Crippen MR) is 166 cm³/mol. The smallest absolute Gasteiger partial charge is 0.248 e. The Morgan fingerprint density at radius 1 is 0.860 bits per heavy atom. The molecule has 0 bridgehead atoms. The van der Waals surface area contributed by atoms with Gasteiger partial charge >= 0.3 is 0 Å². The van der Waals surface area contributed by atoms with E-state index in [4.69, 9.17) is 15.2 Å². The maximum atomic E-state index is 11.5. The van der Waals surface area contributed by atoms with Crippen LogP contribution in [0.15, 0.2) is 115 Å². The number of ether oxygens (including phenoxy) is 2. The van der Waals surface area contributed by atoms with E-state index in [1.165, 1.54) is 0 Å². The molecule has 1 amide bonds. The largest absolute Gasteiger partial charge is 0.491 e. The number of carbonyl (C=O) groups is 1. The SMILES string of the molecule is NC(=O)c1ccc2c(Oc3ccc(C[C@@H](CO)N(Cc4ccccc4)C[C@H](O)COc4ccccc4)cc3)ccnc2c1. The molecule has 8 heteroatoms. The lowest BCUT2D eigenvalue weighted by Gasteiger charge is -2.32. The lowest BCUT2D eigenvalue weighted by molar-refractivity contribution is 0.0335. The van der Waals surface area contributed by atoms with Gasteiger partial charge in [-0.05, 0) is 66.1 Å². The number of para-hydroxylation sites is 1. The average molecular weight is 578 g/mol. The Bertz CT molecular complexity index is 1610. The number of rotatable bonds is 14. The Balaban J connectivity index is 1.27. The van der Waals surface area contributed by atoms with Crippen LogP contribution in [-0.2, 0) is 13.0 Å². The summed E-state index contributed by atoms with van der Waals surface area (Å²) in [7, 11) is 0. The van der Waals surface area contributed by atoms with Gasteiger partial charge in [-0.15, -0.1) is 0 Å². The molecule has 0 spiro atoms. The van der Waals surface area contributed by atoms with Crippen LogP contribution >= 0.6 is 0 Å². The van der Waals surface area contributed by atoms with Crippen LogP contribution in [0.25, 0.3) is 10.9 Å². The molecule has 1 heterocycles. The van der Waals surface area contributed by atoms with Gasteiger partial charge in [0.1, 0.15) is 30.0 Å². The zero-order valence-electron chi connectivity index (χ0n) is 23.8. The second kappa shape index (κ2) is 14.4. The Kier molecular flexibility index (Phi) is 9.97. The van der Waals surface area contributed by atoms with Crippen molar-refractivity contribution in [1.29, 1.82) is 0 Å². The van der Waals surface area contributed by atoms with E-state index in [9.17, 15) is 15.0 Å². The van der Waals surface area contributed by atoms with Crippen molar-refractivity contribution in [2.24, 2.45) is 5.73 Å². The van der Waals surface area contributed by atoms with Crippen LogP contribution in [0.4, 0.5) is 0 Å². The zero-order valence-corrected chi connectivity index (χ0v) is 23.8. The third-order valence-corrected chi connectivity index (χ3v) is 7.20. The highest BCUT2D eigenvalue weighted by atomic mass is 16.5. The number of pyridine rings is 1. The molecule has 2 atom stereocenters. The van der Waals surface area contributed by atoms with Gasteiger partial charge in [-0.1, -0.05) is 60.7 Å². The van der Waals surface area contributed by atoms with Crippen molar-refractivity contribution in [3.05, 3.63) is 132 Å². The number of aliphatic hydroxyl groups excluding tert-OH is 2. The standard InChI is InChI=1S/C35H35N3O5/c36-35(41)27-13-16-32-33(20-27)37-18-17-34(32)43-31-14-11-25(12-15-31)19-28(23-39)38(21-26-7-3-1-4-8-26)22-29(40)24-42-30-9-5-2-6-10-30/h1-18,20,28-29,39-40H,19,21-24H2,(H2,36,41)/t28-,29-/m0/s1. The first kappa shape index (κ1) is 29.7. The van der Waals surface area contributed by atoms with Crippen molar-refractivity contribution >= 4 is 16.8 Å². The number of aromatic nitrogens is 1. The fraction of sp³-hybridized carbons (Fsp3) is 0.200. The fourth-order valence-corrected chi connectivity index (χ4v) is 4.96. The van der Waals surface area contributed by atoms with E-state index >= 15 is 0 Å². The summed E-state index contributed by atoms with van der Waals surface area (Å²) in [5.41, 5.74) is 8.52. The normalized spacial score (nSPS) is 12.6. The summed E-state index contributed by atoms with van der Waals surface area (Å²) in [4.78, 5) is 18.0. The van der Waals surface area contributed by atoms with E-state index in [0.717, 1.165) is 16.5 Å². The minimum absolute atomic E-state index is 0.0758. The van der Waals surface area contributed by atoms with Gasteiger partial charge in [-0.2, -0.15) is 0 Å². The molecule has 220 valence electrons. The van der Waals surface area contributed by atoms with Gasteiger partial charge in [0, 0.05) is 36.3 Å². The molecule has 4 aromatic carbocycles. The molecule has 0 aliphatic carbocycles. The van der Waals surface area contributed by atoms with Crippen molar-refractivity contribution in [3.8, 4) is 17.2 Å². The highest BCUT2D eigenvalue weighted by Gasteiger charge is 2.22. The number of benzene rings is 4. The summed E-state index contributed by atoms with van der Waals surface area (Å²) >= 11 is 0. The Morgan fingerprint density at radius 2 is 1.58 bits per heavy atom. The van der Waals surface area contributed by atoms with Gasteiger partial charge in [-0.25, -0.2) is 0 Å². The summed E-state index contributed by atoms with van der Waals surface area (Å²) in [6.45, 7) is 0.976. The van der Waals surface area contributed by atoms with Gasteiger partial charge in [0.15, 0.2) is 0 Å². The number of primary amides is 1. The first-order valence-corrected chi connectivity index (χ1v) is 14.2. The summed E-state index contributed by atoms with van der Waals surface area (Å²) in [5.74, 6) is 1.45. The lowest BCUT2D eigenvalue weighted by Crippen LogP contribution is -2.44. The van der Waals surface area contributed by atoms with Crippen LogP contribution in [0.3, 0.4) is 0 Å². The molecule has 1 aromatic heterocycles. The van der Waals surface area contributed by atoms with Crippen molar-refractivity contribution in [2.75, 3.05) is 19.8 Å². The second-order valence-corrected chi connectivity index (χ2v) is 10.4. The van der Waals surface area contributed by atoms with Gasteiger partial charge in [0.05, 0.1) is 12.1 Å². The summed E-state index contributed by atoms with van der Waals surface area (Å²) in [6, 6.07) is 33.8. The topological polar surface area (TPSA) is 118 Å². The molecule has 4 N–H and O–H groups in total. The monoisotopic (exact) mass is 577 g/mol. The van der Waals surface area contributed by atoms with Crippen molar-refractivity contribution in [2.45, 2.75) is 25.1 Å². The molecule has 0 radical (unpaired) electrons. The average Bonchev–Trinajstić information content (AvgIpc) is 3.04. The number of aliphatic hydroxyl groups is 2. The Labute approximate surface area is 251 Å². The van der Waals surface area contributed by atoms with Gasteiger partial charge in [0.2, 0.25) is 5.91 Å². The number of nitrogens with zero attached hydrogens (tertiary/aromatic N) is 2. The molecule has 8 nitrogen and oxygen atoms in total. The maximum absolute atomic E-state index is 11.5. The van der Waals surface area contributed by atoms with Gasteiger partial charge < -0.3 is 25.4 Å². The predicted octanol–water partition coefficient (Wildman–Crippen LogP) is 4.97. The van der Waals surface area contributed by atoms with Crippen molar-refractivity contribution in [3.63, 3.8) is 0 Å². The Hall–Kier alpha value is -4.76. The molecular formula is C35H35N3O5. The van der Waals surface area contributed by atoms with E-state index in [1.54, 1.807) is 30.5 Å². The minimum Gasteiger partial charge on any atom is -0.491 e. The summed E-state index contributed by atoms with van der Waals surface area (Å²) in [6.07, 6.45) is 1.45. The zero-order chi connectivity index (χ0) is 30.0. The minimum atomic E-state index is -0.747. The second-order valence-electron chi connectivity index (χ2n) is 10.4. The molecule has 0 aliphatic rings. The van der Waals surface area contributed by atoms with E-state index in [0.29, 0.717) is 47.8 Å². The third-order valence-electron chi connectivity index (χ3n) is 7.20. The van der Waals surface area contributed by atoms with Crippen LogP contribution in [0.2, 0.25) is 0 Å². The third kappa shape index (κ3) is 8.17. The molecule has 5 aromatic rings. The highest BCUT2D eigenvalue weighted by molar-refractivity contribution is 5.97. The van der Waals surface area contributed by atoms with Crippen LogP contribution in [0, 0.1) is 0 Å². The quantitative estimate of drug-likeness (QED) is 0.171. The first-order valence-electron chi connectivity index (χ1n) is 14.2. The number of amides is 1. The van der Waals surface area contributed by atoms with E-state index in [-0.39, 0.29) is 19.3 Å². The van der Waals surface area contributed by atoms with Crippen LogP contribution in [0.5, 0.6) is 17.2 Å². The van der Waals surface area contributed by atoms with Crippen LogP contribution in [-0.4, -0.2) is 57.9 Å². The van der Waals surface area contributed by atoms with E-state index in [2.05, 4.69) is 9.88 Å². The molecule has 0 saturated carbocycles. The maximum Gasteiger partial charge on any atom is 0.248 e. The molecular weight excluding hydrogens is 542 g/mol. The molecule has 0 saturated heterocycles. The lowest BCUT2D eigenvalue weighted by atomic mass is 10.0. The van der Waals surface area contributed by atoms with Crippen molar-refractivity contribution < 1.29 is 24.5 Å². The highest BCUT2D eigenvalue weighted by Crippen LogP contribution is 2.30. The summed E-state index contributed by atoms with van der Waals surface area (Å²) < 4.78 is 11.9. The fourth-order valence-electron chi connectivity index (χ4n) is 4.96. The number of fused-ring (bicyclic) bond motifs is 1. The number of nitrogens with two attached hydrogens (primary N) is 1. The number of hydrogen-bond acceptors (Lipinski definition) is 7. The van der Waals surface area contributed by atoms with Crippen LogP contribution < -0.4 is 15.2 Å². The molecule has 0 fully saturated rings. The molecule has 43 heavy (non-hydrogen) atoms. The van der Waals surface area contributed by atoms with Gasteiger partial charge in [0.25, 0.3) is 0 Å². The molecule has 0 unspecified atom stereocenters. The number of hydrogen-bond donors (Lipinski definition) is 3. The van der Waals surface area contributed by atoms with E-state index in [1.807, 2.05) is 84.9 Å². The van der Waals surface area contributed by atoms with Crippen molar-refractivity contribution in [1.82, 2.24) is 9.88 Å².